The molecule has 2 N–H and O–H groups in total. The highest BCUT2D eigenvalue weighted by molar-refractivity contribution is 6.31. The predicted octanol–water partition coefficient (Wildman–Crippen LogP) is 7.62. The summed E-state index contributed by atoms with van der Waals surface area (Å²) >= 11 is 12.8. The Kier molecular flexibility index (Phi) is 18.8. The van der Waals surface area contributed by atoms with Crippen LogP contribution < -0.4 is 15.4 Å². The van der Waals surface area contributed by atoms with E-state index in [4.69, 9.17) is 37.7 Å². The van der Waals surface area contributed by atoms with E-state index in [-0.39, 0.29) is 50.8 Å². The maximum absolute atomic E-state index is 15.1. The molecule has 5 atom stereocenters. The molecule has 0 unspecified atom stereocenters. The third kappa shape index (κ3) is 14.1. The number of nitrogens with zero attached hydrogens (tertiary/aromatic N) is 6. The van der Waals surface area contributed by atoms with Crippen LogP contribution in [-0.4, -0.2) is 130 Å². The van der Waals surface area contributed by atoms with E-state index in [2.05, 4.69) is 20.1 Å². The molecule has 2 aliphatic rings. The van der Waals surface area contributed by atoms with Crippen molar-refractivity contribution in [2.75, 3.05) is 47.4 Å². The van der Waals surface area contributed by atoms with E-state index >= 15 is 4.79 Å². The van der Waals surface area contributed by atoms with E-state index in [0.29, 0.717) is 33.5 Å². The summed E-state index contributed by atoms with van der Waals surface area (Å²) in [6.45, 7) is 8.19. The van der Waals surface area contributed by atoms with E-state index in [1.165, 1.54) is 29.8 Å². The molecule has 0 radical (unpaired) electrons. The van der Waals surface area contributed by atoms with E-state index < -0.39 is 47.8 Å². The maximum atomic E-state index is 15.1. The number of nitrogens with one attached hydrogen (secondary N) is 2. The molecular weight excluding hydrogens is 968 g/mol. The van der Waals surface area contributed by atoms with Gasteiger partial charge in [0, 0.05) is 80.9 Å². The average Bonchev–Trinajstić information content (AvgIpc) is 4.00. The first-order chi connectivity index (χ1) is 35.0. The molecule has 73 heavy (non-hydrogen) atoms. The van der Waals surface area contributed by atoms with Gasteiger partial charge in [0.15, 0.2) is 0 Å². The van der Waals surface area contributed by atoms with Crippen LogP contribution >= 0.6 is 23.2 Å². The Balaban J connectivity index is 1.21. The Morgan fingerprint density at radius 1 is 0.753 bits per heavy atom. The molecule has 2 fully saturated rings. The zero-order valence-corrected chi connectivity index (χ0v) is 44.4. The molecule has 0 bridgehead atoms. The lowest BCUT2D eigenvalue weighted by atomic mass is 9.93. The average molecular weight is 1040 g/mol. The first kappa shape index (κ1) is 54.5. The van der Waals surface area contributed by atoms with E-state index in [9.17, 15) is 19.2 Å². The first-order valence-electron chi connectivity index (χ1n) is 25.0. The molecule has 2 aliphatic heterocycles. The summed E-state index contributed by atoms with van der Waals surface area (Å²) in [5, 5.41) is 6.78. The topological polar surface area (TPSA) is 159 Å². The number of hydrogen-bond donors (Lipinski definition) is 2. The van der Waals surface area contributed by atoms with Crippen molar-refractivity contribution < 1.29 is 33.4 Å². The van der Waals surface area contributed by atoms with Crippen LogP contribution in [0.15, 0.2) is 97.1 Å². The van der Waals surface area contributed by atoms with Gasteiger partial charge in [0.2, 0.25) is 29.5 Å². The number of imidazole rings is 1. The third-order valence-corrected chi connectivity index (χ3v) is 14.7. The van der Waals surface area contributed by atoms with Crippen molar-refractivity contribution in [2.24, 2.45) is 13.0 Å². The second-order valence-electron chi connectivity index (χ2n) is 19.4. The molecule has 5 aromatic rings. The van der Waals surface area contributed by atoms with Crippen LogP contribution in [0.1, 0.15) is 67.7 Å². The highest BCUT2D eigenvalue weighted by Gasteiger charge is 2.36. The SMILES string of the molecule is COC[C@@H]1NC(=O)[C@H](C)N(Cc2ccc(Cl)cc2Oc2ccc(-c3c(C)nc(CN4CCCC4)n3C)cc2)C(=O)C[C@@H](Cc2ccccc2)C(=O)N(C)[C@@H](C)CNC(=O)C[C@H](Cc2ccc(Cl)cc2)N(C)C1=O. The van der Waals surface area contributed by atoms with Crippen molar-refractivity contribution in [1.82, 2.24) is 39.8 Å². The number of halogens is 2. The summed E-state index contributed by atoms with van der Waals surface area (Å²) in [7, 11) is 6.72. The van der Waals surface area contributed by atoms with Crippen molar-refractivity contribution >= 4 is 52.7 Å². The second kappa shape index (κ2) is 25.1. The molecule has 3 heterocycles. The summed E-state index contributed by atoms with van der Waals surface area (Å²) in [6.07, 6.45) is 2.61. The van der Waals surface area contributed by atoms with Gasteiger partial charge in [0.1, 0.15) is 29.4 Å². The Hall–Kier alpha value is -6.26. The lowest BCUT2D eigenvalue weighted by Gasteiger charge is -2.35. The Bertz CT molecular complexity index is 2710. The van der Waals surface area contributed by atoms with Gasteiger partial charge in [-0.2, -0.15) is 0 Å². The Morgan fingerprint density at radius 3 is 2.11 bits per heavy atom. The van der Waals surface area contributed by atoms with Crippen LogP contribution in [0.3, 0.4) is 0 Å². The van der Waals surface area contributed by atoms with E-state index in [1.54, 1.807) is 56.3 Å². The molecule has 2 saturated heterocycles. The molecule has 17 heteroatoms. The number of carbonyl (C=O) groups excluding carboxylic acids is 5. The third-order valence-electron chi connectivity index (χ3n) is 14.2. The van der Waals surface area contributed by atoms with Gasteiger partial charge in [-0.25, -0.2) is 4.98 Å². The molecule has 0 saturated carbocycles. The van der Waals surface area contributed by atoms with Crippen molar-refractivity contribution in [3.8, 4) is 22.8 Å². The summed E-state index contributed by atoms with van der Waals surface area (Å²) in [6, 6.07) is 25.9. The fraction of sp³-hybridized carbons (Fsp3) is 0.429. The fourth-order valence-corrected chi connectivity index (χ4v) is 9.96. The van der Waals surface area contributed by atoms with Gasteiger partial charge in [0.05, 0.1) is 37.0 Å². The molecule has 4 aromatic carbocycles. The quantitative estimate of drug-likeness (QED) is 0.121. The smallest absolute Gasteiger partial charge is 0.247 e. The van der Waals surface area contributed by atoms with Gasteiger partial charge in [-0.15, -0.1) is 0 Å². The Labute approximate surface area is 439 Å². The van der Waals surface area contributed by atoms with Crippen molar-refractivity contribution in [1.29, 1.82) is 0 Å². The number of hydrogen-bond acceptors (Lipinski definition) is 9. The number of benzene rings is 4. The van der Waals surface area contributed by atoms with Gasteiger partial charge in [0.25, 0.3) is 0 Å². The van der Waals surface area contributed by atoms with Gasteiger partial charge in [-0.1, -0.05) is 71.7 Å². The van der Waals surface area contributed by atoms with Crippen LogP contribution in [0, 0.1) is 12.8 Å². The monoisotopic (exact) mass is 1030 g/mol. The minimum Gasteiger partial charge on any atom is -0.457 e. The summed E-state index contributed by atoms with van der Waals surface area (Å²) in [5.41, 5.74) is 5.16. The van der Waals surface area contributed by atoms with E-state index in [1.807, 2.05) is 87.6 Å². The molecule has 5 amide bonds. The summed E-state index contributed by atoms with van der Waals surface area (Å²) in [4.78, 5) is 84.4. The molecule has 0 aliphatic carbocycles. The fourth-order valence-electron chi connectivity index (χ4n) is 9.67. The Morgan fingerprint density at radius 2 is 1.42 bits per heavy atom. The number of rotatable bonds is 13. The molecule has 15 nitrogen and oxygen atoms in total. The molecule has 1 aromatic heterocycles. The number of carbonyl (C=O) groups is 5. The minimum absolute atomic E-state index is 0.0717. The number of ether oxygens (including phenoxy) is 2. The van der Waals surface area contributed by atoms with Crippen LogP contribution in [0.2, 0.25) is 10.0 Å². The lowest BCUT2D eigenvalue weighted by molar-refractivity contribution is -0.147. The highest BCUT2D eigenvalue weighted by Crippen LogP contribution is 2.33. The lowest BCUT2D eigenvalue weighted by Crippen LogP contribution is -2.57. The number of amides is 5. The second-order valence-corrected chi connectivity index (χ2v) is 20.3. The summed E-state index contributed by atoms with van der Waals surface area (Å²) < 4.78 is 14.2. The van der Waals surface area contributed by atoms with Crippen LogP contribution in [0.5, 0.6) is 11.5 Å². The van der Waals surface area contributed by atoms with Gasteiger partial charge >= 0.3 is 0 Å². The zero-order valence-electron chi connectivity index (χ0n) is 42.9. The van der Waals surface area contributed by atoms with Crippen molar-refractivity contribution in [2.45, 2.75) is 96.6 Å². The molecule has 388 valence electrons. The summed E-state index contributed by atoms with van der Waals surface area (Å²) in [5.74, 6) is -1.20. The molecular formula is C56H68Cl2N8O7. The number of aromatic nitrogens is 2. The van der Waals surface area contributed by atoms with Gasteiger partial charge in [-0.05, 0) is 119 Å². The molecule has 7 rings (SSSR count). The number of likely N-dealkylation sites (tertiary alicyclic amines) is 1. The van der Waals surface area contributed by atoms with Crippen molar-refractivity contribution in [3.63, 3.8) is 0 Å². The minimum atomic E-state index is -1.19. The first-order valence-corrected chi connectivity index (χ1v) is 25.7. The van der Waals surface area contributed by atoms with Crippen LogP contribution in [0.4, 0.5) is 0 Å². The van der Waals surface area contributed by atoms with Crippen LogP contribution in [0.25, 0.3) is 11.3 Å². The standard InChI is InChI=1S/C56H68Cl2N8O7/c1-36-32-59-51(67)31-46(28-40-15-20-44(57)21-16-40)63(5)56(71)48(35-72-7)61-54(69)38(3)66(52(68)29-43(55(70)62(36)4)27-39-13-9-8-10-14-39)33-42-17-22-45(58)30-49(42)73-47-23-18-41(19-24-47)53-37(2)60-50(64(53)6)34-65-25-11-12-26-65/h8-10,13-24,30,36,38,43,46,48H,11-12,25-29,31-35H2,1-7H3,(H,59,67)(H,61,69)/t36-,38-,43+,46-,48-/m0/s1. The van der Waals surface area contributed by atoms with E-state index in [0.717, 1.165) is 53.5 Å². The van der Waals surface area contributed by atoms with Gasteiger partial charge in [-0.3, -0.25) is 28.9 Å². The van der Waals surface area contributed by atoms with Crippen LogP contribution in [-0.2, 0) is 61.7 Å². The number of methoxy groups -OCH3 is 1. The normalized spacial score (nSPS) is 21.2. The molecule has 0 spiro atoms. The van der Waals surface area contributed by atoms with Crippen molar-refractivity contribution in [3.05, 3.63) is 135 Å². The van der Waals surface area contributed by atoms with Gasteiger partial charge < -0.3 is 39.4 Å². The number of likely N-dealkylation sites (N-methyl/N-ethyl adjacent to an activating group) is 2. The largest absolute Gasteiger partial charge is 0.457 e. The maximum Gasteiger partial charge on any atom is 0.247 e. The predicted molar refractivity (Wildman–Crippen MR) is 283 cm³/mol. The highest BCUT2D eigenvalue weighted by atomic mass is 35.5. The zero-order chi connectivity index (χ0) is 52.3. The number of aryl methyl sites for hydroxylation is 1.